The fraction of sp³-hybridized carbons (Fsp3) is 0.355. The van der Waals surface area contributed by atoms with Crippen LogP contribution < -0.4 is 9.62 Å². The van der Waals surface area contributed by atoms with Crippen LogP contribution in [0.2, 0.25) is 0 Å². The molecule has 0 aliphatic carbocycles. The van der Waals surface area contributed by atoms with Gasteiger partial charge in [-0.1, -0.05) is 77.8 Å². The minimum atomic E-state index is -4.10. The first kappa shape index (κ1) is 31.4. The van der Waals surface area contributed by atoms with Crippen LogP contribution in [0, 0.1) is 6.92 Å². The highest BCUT2D eigenvalue weighted by atomic mass is 79.9. The first-order valence-corrected chi connectivity index (χ1v) is 15.7. The number of halogens is 1. The molecule has 0 fully saturated rings. The van der Waals surface area contributed by atoms with E-state index in [4.69, 9.17) is 0 Å². The van der Waals surface area contributed by atoms with E-state index in [0.717, 1.165) is 27.6 Å². The van der Waals surface area contributed by atoms with Crippen LogP contribution >= 0.6 is 15.9 Å². The predicted molar refractivity (Wildman–Crippen MR) is 164 cm³/mol. The minimum Gasteiger partial charge on any atom is -0.352 e. The molecule has 7 nitrogen and oxygen atoms in total. The normalized spacial score (nSPS) is 12.8. The van der Waals surface area contributed by atoms with Crippen molar-refractivity contribution in [3.8, 4) is 0 Å². The Morgan fingerprint density at radius 3 is 2.15 bits per heavy atom. The quantitative estimate of drug-likeness (QED) is 0.273. The zero-order chi connectivity index (χ0) is 29.4. The number of amides is 2. The summed E-state index contributed by atoms with van der Waals surface area (Å²) in [6.45, 7) is 9.07. The Hall–Kier alpha value is -3.17. The molecule has 3 aromatic carbocycles. The number of hydrogen-bond acceptors (Lipinski definition) is 4. The van der Waals surface area contributed by atoms with Crippen LogP contribution in [0.4, 0.5) is 5.69 Å². The summed E-state index contributed by atoms with van der Waals surface area (Å²) in [6, 6.07) is 20.4. The van der Waals surface area contributed by atoms with Gasteiger partial charge >= 0.3 is 0 Å². The van der Waals surface area contributed by atoms with E-state index in [2.05, 4.69) is 21.2 Å². The molecule has 9 heteroatoms. The third kappa shape index (κ3) is 7.73. The van der Waals surface area contributed by atoms with Gasteiger partial charge in [0.05, 0.1) is 10.6 Å². The van der Waals surface area contributed by atoms with Gasteiger partial charge in [-0.3, -0.25) is 13.9 Å². The molecule has 0 saturated heterocycles. The smallest absolute Gasteiger partial charge is 0.264 e. The van der Waals surface area contributed by atoms with Gasteiger partial charge < -0.3 is 10.2 Å². The molecule has 2 unspecified atom stereocenters. The average Bonchev–Trinajstić information content (AvgIpc) is 2.95. The number of benzene rings is 3. The molecule has 0 radical (unpaired) electrons. The van der Waals surface area contributed by atoms with Gasteiger partial charge in [-0.25, -0.2) is 8.42 Å². The molecule has 2 amide bonds. The maximum atomic E-state index is 14.1. The van der Waals surface area contributed by atoms with Crippen LogP contribution in [-0.2, 0) is 32.6 Å². The molecule has 40 heavy (non-hydrogen) atoms. The fourth-order valence-electron chi connectivity index (χ4n) is 4.24. The van der Waals surface area contributed by atoms with Crippen LogP contribution in [0.5, 0.6) is 0 Å². The molecular weight excluding hydrogens is 590 g/mol. The van der Waals surface area contributed by atoms with Gasteiger partial charge in [0.25, 0.3) is 10.0 Å². The van der Waals surface area contributed by atoms with E-state index in [1.165, 1.54) is 9.21 Å². The van der Waals surface area contributed by atoms with E-state index in [9.17, 15) is 18.0 Å². The lowest BCUT2D eigenvalue weighted by Crippen LogP contribution is -2.52. The average molecular weight is 629 g/mol. The minimum absolute atomic E-state index is 0.0607. The second-order valence-electron chi connectivity index (χ2n) is 9.95. The van der Waals surface area contributed by atoms with E-state index in [1.807, 2.05) is 64.1 Å². The van der Waals surface area contributed by atoms with Crippen LogP contribution in [0.3, 0.4) is 0 Å². The van der Waals surface area contributed by atoms with E-state index in [-0.39, 0.29) is 23.4 Å². The van der Waals surface area contributed by atoms with Gasteiger partial charge in [0.2, 0.25) is 11.8 Å². The van der Waals surface area contributed by atoms with E-state index in [1.54, 1.807) is 43.3 Å². The number of carbonyl (C=O) groups excluding carboxylic acids is 2. The molecule has 0 heterocycles. The summed E-state index contributed by atoms with van der Waals surface area (Å²) < 4.78 is 30.1. The summed E-state index contributed by atoms with van der Waals surface area (Å²) in [5.41, 5.74) is 2.99. The monoisotopic (exact) mass is 627 g/mol. The molecule has 0 saturated carbocycles. The van der Waals surface area contributed by atoms with Crippen molar-refractivity contribution in [1.82, 2.24) is 10.2 Å². The molecule has 0 aliphatic rings. The topological polar surface area (TPSA) is 86.8 Å². The number of rotatable bonds is 12. The third-order valence-corrected chi connectivity index (χ3v) is 9.27. The summed E-state index contributed by atoms with van der Waals surface area (Å²) in [5, 5.41) is 2.95. The lowest BCUT2D eigenvalue weighted by atomic mass is 10.1. The number of nitrogens with one attached hydrogen (secondary N) is 1. The number of sulfonamides is 1. The van der Waals surface area contributed by atoms with Gasteiger partial charge in [0.1, 0.15) is 12.6 Å². The van der Waals surface area contributed by atoms with Gasteiger partial charge in [-0.15, -0.1) is 0 Å². The van der Waals surface area contributed by atoms with Gasteiger partial charge in [0.15, 0.2) is 0 Å². The first-order chi connectivity index (χ1) is 19.0. The molecule has 1 N–H and O–H groups in total. The zero-order valence-corrected chi connectivity index (χ0v) is 26.1. The fourth-order valence-corrected chi connectivity index (χ4v) is 5.95. The van der Waals surface area contributed by atoms with Crippen molar-refractivity contribution in [2.45, 2.75) is 71.0 Å². The molecule has 0 spiro atoms. The highest BCUT2D eigenvalue weighted by Gasteiger charge is 2.33. The van der Waals surface area contributed by atoms with E-state index < -0.39 is 28.5 Å². The number of anilines is 1. The number of aryl methyl sites for hydroxylation is 2. The Labute approximate surface area is 246 Å². The second-order valence-corrected chi connectivity index (χ2v) is 12.7. The Morgan fingerprint density at radius 1 is 0.925 bits per heavy atom. The molecule has 3 aromatic rings. The van der Waals surface area contributed by atoms with Crippen molar-refractivity contribution >= 4 is 43.5 Å². The van der Waals surface area contributed by atoms with E-state index >= 15 is 0 Å². The predicted octanol–water partition coefficient (Wildman–Crippen LogP) is 5.85. The largest absolute Gasteiger partial charge is 0.352 e. The van der Waals surface area contributed by atoms with Crippen molar-refractivity contribution in [1.29, 1.82) is 0 Å². The highest BCUT2D eigenvalue weighted by Crippen LogP contribution is 2.28. The van der Waals surface area contributed by atoms with Crippen LogP contribution in [0.15, 0.2) is 82.2 Å². The number of nitrogens with zero attached hydrogens (tertiary/aromatic N) is 2. The standard InChI is InChI=1S/C31H38BrN3O4S/c1-6-23(4)33-31(37)24(5)34(20-25-14-16-27(32)17-15-25)30(36)21-35(29-11-9-8-10-26(29)7-2)40(38,39)28-18-12-22(3)13-19-28/h8-19,23-24H,6-7,20-21H2,1-5H3,(H,33,37). The van der Waals surface area contributed by atoms with Crippen molar-refractivity contribution in [2.24, 2.45) is 0 Å². The summed E-state index contributed by atoms with van der Waals surface area (Å²) in [7, 11) is -4.10. The number of para-hydroxylation sites is 1. The maximum Gasteiger partial charge on any atom is 0.264 e. The molecule has 2 atom stereocenters. The Balaban J connectivity index is 2.06. The van der Waals surface area contributed by atoms with Crippen LogP contribution in [-0.4, -0.2) is 43.8 Å². The summed E-state index contributed by atoms with van der Waals surface area (Å²) >= 11 is 3.43. The van der Waals surface area contributed by atoms with Gasteiger partial charge in [0, 0.05) is 17.1 Å². The number of carbonyl (C=O) groups is 2. The molecular formula is C31H38BrN3O4S. The van der Waals surface area contributed by atoms with Crippen molar-refractivity contribution in [3.63, 3.8) is 0 Å². The van der Waals surface area contributed by atoms with Crippen molar-refractivity contribution < 1.29 is 18.0 Å². The molecule has 0 aliphatic heterocycles. The van der Waals surface area contributed by atoms with Crippen molar-refractivity contribution in [2.75, 3.05) is 10.8 Å². The van der Waals surface area contributed by atoms with Gasteiger partial charge in [-0.05, 0) is 75.1 Å². The second kappa shape index (κ2) is 13.9. The Kier molecular flexibility index (Phi) is 10.9. The highest BCUT2D eigenvalue weighted by molar-refractivity contribution is 9.10. The maximum absolute atomic E-state index is 14.1. The van der Waals surface area contributed by atoms with Crippen LogP contribution in [0.1, 0.15) is 50.8 Å². The lowest BCUT2D eigenvalue weighted by Gasteiger charge is -2.33. The van der Waals surface area contributed by atoms with Gasteiger partial charge in [-0.2, -0.15) is 0 Å². The molecule has 0 bridgehead atoms. The summed E-state index contributed by atoms with van der Waals surface area (Å²) in [6.07, 6.45) is 1.33. The molecule has 214 valence electrons. The van der Waals surface area contributed by atoms with Crippen LogP contribution in [0.25, 0.3) is 0 Å². The zero-order valence-electron chi connectivity index (χ0n) is 23.7. The van der Waals surface area contributed by atoms with E-state index in [0.29, 0.717) is 12.1 Å². The Morgan fingerprint density at radius 2 is 1.55 bits per heavy atom. The first-order valence-electron chi connectivity index (χ1n) is 13.5. The summed E-state index contributed by atoms with van der Waals surface area (Å²) in [4.78, 5) is 28.8. The Bertz CT molecular complexity index is 1410. The SMILES string of the molecule is CCc1ccccc1N(CC(=O)N(Cc1ccc(Br)cc1)C(C)C(=O)NC(C)CC)S(=O)(=O)c1ccc(C)cc1. The lowest BCUT2D eigenvalue weighted by molar-refractivity contribution is -0.139. The number of hydrogen-bond donors (Lipinski definition) is 1. The molecule has 3 rings (SSSR count). The molecule has 0 aromatic heterocycles. The third-order valence-electron chi connectivity index (χ3n) is 6.96. The summed E-state index contributed by atoms with van der Waals surface area (Å²) in [5.74, 6) is -0.766. The van der Waals surface area contributed by atoms with Crippen molar-refractivity contribution in [3.05, 3.63) is 94.0 Å².